The van der Waals surface area contributed by atoms with Gasteiger partial charge in [-0.25, -0.2) is 0 Å². The average molecular weight is 305 g/mol. The summed E-state index contributed by atoms with van der Waals surface area (Å²) in [4.78, 5) is -0.117. The summed E-state index contributed by atoms with van der Waals surface area (Å²) < 4.78 is 22.9. The molecule has 0 aliphatic carbocycles. The Hall–Kier alpha value is -1.69. The number of hydrogen-bond acceptors (Lipinski definition) is 3. The Kier molecular flexibility index (Phi) is 4.46. The maximum absolute atomic E-state index is 12.0. The number of rotatable bonds is 2. The summed E-state index contributed by atoms with van der Waals surface area (Å²) in [6.45, 7) is 7.73. The van der Waals surface area contributed by atoms with Crippen LogP contribution in [0.4, 0.5) is 0 Å². The van der Waals surface area contributed by atoms with E-state index in [0.29, 0.717) is 5.57 Å². The molecule has 1 heterocycles. The van der Waals surface area contributed by atoms with Crippen molar-refractivity contribution >= 4 is 15.3 Å². The highest BCUT2D eigenvalue weighted by Crippen LogP contribution is 2.29. The highest BCUT2D eigenvalue weighted by atomic mass is 32.2. The van der Waals surface area contributed by atoms with Gasteiger partial charge in [0.1, 0.15) is 6.20 Å². The molecule has 5 heteroatoms. The molecule has 2 unspecified atom stereocenters. The van der Waals surface area contributed by atoms with Crippen LogP contribution in [0.1, 0.15) is 36.5 Å². The van der Waals surface area contributed by atoms with E-state index in [4.69, 9.17) is 0 Å². The number of allylic oxidation sites excluding steroid dienone is 2. The van der Waals surface area contributed by atoms with Gasteiger partial charge in [-0.05, 0) is 38.0 Å². The Balaban J connectivity index is 2.60. The van der Waals surface area contributed by atoms with Crippen molar-refractivity contribution in [1.29, 1.82) is 0 Å². The van der Waals surface area contributed by atoms with Crippen molar-refractivity contribution in [1.82, 2.24) is 0 Å². The second-order valence-corrected chi connectivity index (χ2v) is 6.38. The average Bonchev–Trinajstić information content (AvgIpc) is 2.39. The van der Waals surface area contributed by atoms with Crippen molar-refractivity contribution in [2.75, 3.05) is 0 Å². The Labute approximate surface area is 126 Å². The molecular weight excluding hydrogens is 286 g/mol. The summed E-state index contributed by atoms with van der Waals surface area (Å²) in [6.07, 6.45) is 3.16. The first-order valence-electron chi connectivity index (χ1n) is 6.79. The smallest absolute Gasteiger partial charge is 0.277 e. The molecule has 2 atom stereocenters. The molecule has 21 heavy (non-hydrogen) atoms. The van der Waals surface area contributed by atoms with Crippen LogP contribution in [0.2, 0.25) is 0 Å². The summed E-state index contributed by atoms with van der Waals surface area (Å²) in [5, 5.41) is 11.6. The lowest BCUT2D eigenvalue weighted by atomic mass is 9.87. The minimum absolute atomic E-state index is 0.117. The zero-order valence-corrected chi connectivity index (χ0v) is 13.4. The summed E-state index contributed by atoms with van der Waals surface area (Å²) in [5.74, 6) is -0.148. The number of hydroxylamine groups is 2. The molecule has 112 valence electrons. The molecule has 0 aromatic heterocycles. The number of quaternary nitrogens is 1. The maximum Gasteiger partial charge on any atom is 0.277 e. The lowest BCUT2D eigenvalue weighted by Crippen LogP contribution is -3.06. The highest BCUT2D eigenvalue weighted by molar-refractivity contribution is 7.73. The van der Waals surface area contributed by atoms with Gasteiger partial charge in [0.2, 0.25) is 0 Å². The molecule has 1 aromatic carbocycles. The molecule has 0 spiro atoms. The maximum atomic E-state index is 12.0. The van der Waals surface area contributed by atoms with Gasteiger partial charge >= 0.3 is 0 Å². The van der Waals surface area contributed by atoms with Crippen molar-refractivity contribution in [2.45, 2.75) is 33.6 Å². The van der Waals surface area contributed by atoms with Crippen LogP contribution >= 0.6 is 0 Å². The molecule has 1 aromatic rings. The topological polar surface area (TPSA) is 61.6 Å². The predicted molar refractivity (Wildman–Crippen MR) is 84.4 cm³/mol. The largest absolute Gasteiger partial charge is 0.623 e. The van der Waals surface area contributed by atoms with Gasteiger partial charge < -0.3 is 10.3 Å². The molecule has 2 rings (SSSR count). The minimum Gasteiger partial charge on any atom is -0.623 e. The van der Waals surface area contributed by atoms with E-state index < -0.39 is 15.4 Å². The fourth-order valence-corrected chi connectivity index (χ4v) is 3.31. The van der Waals surface area contributed by atoms with Crippen molar-refractivity contribution in [3.8, 4) is 0 Å². The zero-order chi connectivity index (χ0) is 15.7. The zero-order valence-electron chi connectivity index (χ0n) is 12.6. The van der Waals surface area contributed by atoms with E-state index in [-0.39, 0.29) is 10.9 Å². The number of hydrogen-bond donors (Lipinski definition) is 1. The molecule has 4 nitrogen and oxygen atoms in total. The number of benzene rings is 1. The van der Waals surface area contributed by atoms with Crippen LogP contribution in [0.3, 0.4) is 0 Å². The molecule has 0 bridgehead atoms. The van der Waals surface area contributed by atoms with E-state index in [9.17, 15) is 13.6 Å². The van der Waals surface area contributed by atoms with Crippen LogP contribution in [0.15, 0.2) is 41.6 Å². The van der Waals surface area contributed by atoms with Gasteiger partial charge in [0, 0.05) is 17.1 Å². The van der Waals surface area contributed by atoms with Gasteiger partial charge in [0.15, 0.2) is 0 Å². The first-order valence-corrected chi connectivity index (χ1v) is 7.86. The third-order valence-corrected chi connectivity index (χ3v) is 4.53. The first kappa shape index (κ1) is 15.7. The molecule has 0 saturated carbocycles. The van der Waals surface area contributed by atoms with E-state index in [1.54, 1.807) is 13.0 Å². The molecule has 0 fully saturated rings. The third kappa shape index (κ3) is 3.15. The summed E-state index contributed by atoms with van der Waals surface area (Å²) in [7, 11) is -2.53. The van der Waals surface area contributed by atoms with Crippen molar-refractivity contribution in [3.63, 3.8) is 0 Å². The van der Waals surface area contributed by atoms with Gasteiger partial charge in [0.25, 0.3) is 15.3 Å². The van der Waals surface area contributed by atoms with E-state index >= 15 is 0 Å². The lowest BCUT2D eigenvalue weighted by Gasteiger charge is -2.27. The fraction of sp³-hybridized carbons (Fsp3) is 0.312. The van der Waals surface area contributed by atoms with E-state index in [0.717, 1.165) is 22.3 Å². The fourth-order valence-electron chi connectivity index (χ4n) is 2.66. The van der Waals surface area contributed by atoms with Gasteiger partial charge in [-0.3, -0.25) is 0 Å². The normalized spacial score (nSPS) is 19.9. The lowest BCUT2D eigenvalue weighted by molar-refractivity contribution is -0.681. The SMILES string of the molecule is CC1=C[NH+]([O-])C(=S(=O)=O)C(C(C)c2cc(C)ccc2C)=C1. The monoisotopic (exact) mass is 305 g/mol. The number of aryl methyl sites for hydroxylation is 2. The van der Waals surface area contributed by atoms with Gasteiger partial charge in [-0.15, -0.1) is 0 Å². The van der Waals surface area contributed by atoms with Crippen LogP contribution < -0.4 is 5.06 Å². The van der Waals surface area contributed by atoms with Gasteiger partial charge in [0.05, 0.1) is 0 Å². The molecule has 0 amide bonds. The summed E-state index contributed by atoms with van der Waals surface area (Å²) >= 11 is 0. The van der Waals surface area contributed by atoms with Crippen LogP contribution in [0.5, 0.6) is 0 Å². The molecule has 0 radical (unpaired) electrons. The van der Waals surface area contributed by atoms with Gasteiger partial charge in [-0.2, -0.15) is 8.42 Å². The molecular formula is C16H19NO3S. The number of nitrogens with one attached hydrogen (secondary N) is 1. The van der Waals surface area contributed by atoms with Crippen LogP contribution in [0, 0.1) is 19.1 Å². The van der Waals surface area contributed by atoms with Crippen molar-refractivity contribution < 1.29 is 13.5 Å². The quantitative estimate of drug-likeness (QED) is 0.667. The second-order valence-electron chi connectivity index (χ2n) is 5.50. The Morgan fingerprint density at radius 1 is 1.19 bits per heavy atom. The van der Waals surface area contributed by atoms with Crippen LogP contribution in [0.25, 0.3) is 0 Å². The summed E-state index contributed by atoms with van der Waals surface area (Å²) in [6, 6.07) is 6.08. The molecule has 0 saturated heterocycles. The third-order valence-electron chi connectivity index (χ3n) is 3.76. The molecule has 1 aliphatic heterocycles. The van der Waals surface area contributed by atoms with Crippen molar-refractivity contribution in [2.24, 2.45) is 0 Å². The minimum atomic E-state index is -2.53. The predicted octanol–water partition coefficient (Wildman–Crippen LogP) is 1.64. The van der Waals surface area contributed by atoms with Crippen molar-refractivity contribution in [3.05, 3.63) is 63.5 Å². The molecule has 1 aliphatic rings. The Morgan fingerprint density at radius 3 is 2.48 bits per heavy atom. The van der Waals surface area contributed by atoms with E-state index in [1.807, 2.05) is 39.0 Å². The molecule has 1 N–H and O–H groups in total. The Bertz CT molecular complexity index is 765. The summed E-state index contributed by atoms with van der Waals surface area (Å²) in [5.41, 5.74) is 4.60. The van der Waals surface area contributed by atoms with Crippen LogP contribution in [-0.2, 0) is 10.3 Å². The van der Waals surface area contributed by atoms with E-state index in [1.165, 1.54) is 6.20 Å². The van der Waals surface area contributed by atoms with E-state index in [2.05, 4.69) is 0 Å². The van der Waals surface area contributed by atoms with Gasteiger partial charge in [-0.1, -0.05) is 30.7 Å². The Morgan fingerprint density at radius 2 is 1.86 bits per heavy atom. The first-order chi connectivity index (χ1) is 9.81. The second kappa shape index (κ2) is 5.97. The van der Waals surface area contributed by atoms with Crippen LogP contribution in [-0.4, -0.2) is 13.4 Å². The highest BCUT2D eigenvalue weighted by Gasteiger charge is 2.27. The standard InChI is InChI=1S/C16H19NO3S/c1-10-5-6-12(3)14(7-10)13(4)15-8-11(2)9-17(18)16(15)21(19)20/h5-9,13,17H,1-4H3.